The minimum Gasteiger partial charge on any atom is -0.375 e. The molecule has 0 radical (unpaired) electrons. The Morgan fingerprint density at radius 2 is 2.04 bits per heavy atom. The van der Waals surface area contributed by atoms with E-state index >= 15 is 0 Å². The Labute approximate surface area is 172 Å². The molecule has 1 aliphatic carbocycles. The normalized spacial score (nSPS) is 20.4. The van der Waals surface area contributed by atoms with Gasteiger partial charge in [0.2, 0.25) is 5.91 Å². The number of carbonyl (C=O) groups excluding carboxylic acids is 1. The molecule has 0 unspecified atom stereocenters. The zero-order chi connectivity index (χ0) is 19.0. The molecule has 0 saturated carbocycles. The fourth-order valence-corrected chi connectivity index (χ4v) is 5.33. The van der Waals surface area contributed by atoms with Crippen molar-refractivity contribution in [1.29, 1.82) is 0 Å². The van der Waals surface area contributed by atoms with Crippen LogP contribution >= 0.6 is 34.5 Å². The maximum Gasteiger partial charge on any atom is 0.223 e. The van der Waals surface area contributed by atoms with Gasteiger partial charge in [-0.05, 0) is 37.8 Å². The van der Waals surface area contributed by atoms with Crippen LogP contribution in [-0.2, 0) is 17.6 Å². The molecule has 0 spiro atoms. The van der Waals surface area contributed by atoms with E-state index in [9.17, 15) is 4.79 Å². The van der Waals surface area contributed by atoms with E-state index < -0.39 is 0 Å². The molecule has 2 aromatic rings. The topological polar surface area (TPSA) is 71.2 Å². The summed E-state index contributed by atoms with van der Waals surface area (Å²) in [6.45, 7) is 1.61. The van der Waals surface area contributed by atoms with Crippen molar-refractivity contribution in [1.82, 2.24) is 10.3 Å². The van der Waals surface area contributed by atoms with Gasteiger partial charge in [-0.15, -0.1) is 11.3 Å². The van der Waals surface area contributed by atoms with E-state index in [1.54, 1.807) is 17.4 Å². The first-order valence-electron chi connectivity index (χ1n) is 9.24. The second-order valence-electron chi connectivity index (χ2n) is 7.20. The van der Waals surface area contributed by atoms with Crippen LogP contribution in [0, 0.1) is 5.92 Å². The molecule has 4 rings (SSSR count). The zero-order valence-electron chi connectivity index (χ0n) is 14.9. The lowest BCUT2D eigenvalue weighted by molar-refractivity contribution is -0.126. The molecule has 5 nitrogen and oxygen atoms in total. The third-order valence-corrected chi connectivity index (χ3v) is 7.20. The summed E-state index contributed by atoms with van der Waals surface area (Å²) in [7, 11) is 0. The highest BCUT2D eigenvalue weighted by atomic mass is 35.5. The Bertz CT molecular complexity index is 848. The summed E-state index contributed by atoms with van der Waals surface area (Å²) in [6, 6.07) is 5.87. The summed E-state index contributed by atoms with van der Waals surface area (Å²) in [5.41, 5.74) is 7.86. The SMILES string of the molecule is Nc1nc2c(s1)C[C@@H](NC(=O)C1CCN(c3cccc(Cl)c3Cl)CC1)CC2. The molecule has 8 heteroatoms. The van der Waals surface area contributed by atoms with Gasteiger partial charge in [-0.25, -0.2) is 4.98 Å². The van der Waals surface area contributed by atoms with Gasteiger partial charge in [-0.2, -0.15) is 0 Å². The van der Waals surface area contributed by atoms with Crippen molar-refractivity contribution in [2.75, 3.05) is 23.7 Å². The monoisotopic (exact) mass is 424 g/mol. The van der Waals surface area contributed by atoms with E-state index in [0.717, 1.165) is 56.6 Å². The number of aromatic nitrogens is 1. The minimum atomic E-state index is 0.0483. The first-order valence-corrected chi connectivity index (χ1v) is 10.8. The number of anilines is 2. The quantitative estimate of drug-likeness (QED) is 0.782. The van der Waals surface area contributed by atoms with Crippen molar-refractivity contribution in [3.05, 3.63) is 38.8 Å². The van der Waals surface area contributed by atoms with Gasteiger partial charge >= 0.3 is 0 Å². The van der Waals surface area contributed by atoms with Crippen molar-refractivity contribution in [2.24, 2.45) is 5.92 Å². The number of hydrogen-bond acceptors (Lipinski definition) is 5. The molecule has 1 fully saturated rings. The lowest BCUT2D eigenvalue weighted by Crippen LogP contribution is -2.45. The van der Waals surface area contributed by atoms with Gasteiger partial charge in [-0.1, -0.05) is 29.3 Å². The number of carbonyl (C=O) groups is 1. The molecule has 1 amide bonds. The number of nitrogens with two attached hydrogens (primary N) is 1. The van der Waals surface area contributed by atoms with Crippen molar-refractivity contribution < 1.29 is 4.79 Å². The van der Waals surface area contributed by atoms with Gasteiger partial charge in [-0.3, -0.25) is 4.79 Å². The number of hydrogen-bond donors (Lipinski definition) is 2. The number of rotatable bonds is 3. The van der Waals surface area contributed by atoms with Crippen molar-refractivity contribution in [3.63, 3.8) is 0 Å². The smallest absolute Gasteiger partial charge is 0.223 e. The van der Waals surface area contributed by atoms with Gasteiger partial charge in [0.1, 0.15) is 0 Å². The number of amides is 1. The molecule has 2 aliphatic rings. The lowest BCUT2D eigenvalue weighted by Gasteiger charge is -2.34. The van der Waals surface area contributed by atoms with Crippen molar-refractivity contribution >= 4 is 51.3 Å². The van der Waals surface area contributed by atoms with Gasteiger partial charge in [0, 0.05) is 36.3 Å². The zero-order valence-corrected chi connectivity index (χ0v) is 17.2. The molecule has 0 bridgehead atoms. The summed E-state index contributed by atoms with van der Waals surface area (Å²) in [5, 5.41) is 5.02. The number of nitrogens with one attached hydrogen (secondary N) is 1. The van der Waals surface area contributed by atoms with Gasteiger partial charge in [0.25, 0.3) is 0 Å². The summed E-state index contributed by atoms with van der Waals surface area (Å²) in [6.07, 6.45) is 4.30. The predicted molar refractivity (Wildman–Crippen MR) is 112 cm³/mol. The highest BCUT2D eigenvalue weighted by molar-refractivity contribution is 7.15. The maximum atomic E-state index is 12.7. The third-order valence-electron chi connectivity index (χ3n) is 5.44. The molecule has 1 aromatic carbocycles. The summed E-state index contributed by atoms with van der Waals surface area (Å²) in [5.74, 6) is 0.213. The van der Waals surface area contributed by atoms with Crippen molar-refractivity contribution in [2.45, 2.75) is 38.1 Å². The van der Waals surface area contributed by atoms with Crippen LogP contribution in [0.2, 0.25) is 10.0 Å². The number of nitrogens with zero attached hydrogens (tertiary/aromatic N) is 2. The molecule has 1 aliphatic heterocycles. The van der Waals surface area contributed by atoms with Crippen LogP contribution in [0.4, 0.5) is 10.8 Å². The Hall–Kier alpha value is -1.50. The number of nitrogen functional groups attached to an aromatic ring is 1. The standard InChI is InChI=1S/C19H22Cl2N4OS/c20-13-2-1-3-15(17(13)21)25-8-6-11(7-9-25)18(26)23-12-4-5-14-16(10-12)27-19(22)24-14/h1-3,11-12H,4-10H2,(H2,22,24)(H,23,26)/t12-/m0/s1. The van der Waals surface area contributed by atoms with E-state index in [-0.39, 0.29) is 17.9 Å². The van der Waals surface area contributed by atoms with E-state index in [1.165, 1.54) is 4.88 Å². The first kappa shape index (κ1) is 18.8. The summed E-state index contributed by atoms with van der Waals surface area (Å²) < 4.78 is 0. The van der Waals surface area contributed by atoms with Crippen LogP contribution < -0.4 is 16.0 Å². The Morgan fingerprint density at radius 1 is 1.26 bits per heavy atom. The minimum absolute atomic E-state index is 0.0483. The Balaban J connectivity index is 1.32. The predicted octanol–water partition coefficient (Wildman–Crippen LogP) is 3.92. The van der Waals surface area contributed by atoms with Gasteiger partial charge in [0.15, 0.2) is 5.13 Å². The number of fused-ring (bicyclic) bond motifs is 1. The average Bonchev–Trinajstić information content (AvgIpc) is 3.03. The van der Waals surface area contributed by atoms with E-state index in [2.05, 4.69) is 15.2 Å². The summed E-state index contributed by atoms with van der Waals surface area (Å²) >= 11 is 14.0. The number of thiazole rings is 1. The lowest BCUT2D eigenvalue weighted by atomic mass is 9.93. The second-order valence-corrected chi connectivity index (χ2v) is 9.10. The molecule has 27 heavy (non-hydrogen) atoms. The van der Waals surface area contributed by atoms with Crippen LogP contribution in [0.3, 0.4) is 0 Å². The van der Waals surface area contributed by atoms with E-state index in [1.807, 2.05) is 12.1 Å². The number of benzene rings is 1. The molecule has 1 saturated heterocycles. The first-order chi connectivity index (χ1) is 13.0. The van der Waals surface area contributed by atoms with E-state index in [0.29, 0.717) is 15.2 Å². The average molecular weight is 425 g/mol. The Kier molecular flexibility index (Phi) is 5.48. The largest absolute Gasteiger partial charge is 0.375 e. The Morgan fingerprint density at radius 3 is 2.81 bits per heavy atom. The van der Waals surface area contributed by atoms with Crippen LogP contribution in [0.25, 0.3) is 0 Å². The van der Waals surface area contributed by atoms with Gasteiger partial charge < -0.3 is 16.0 Å². The van der Waals surface area contributed by atoms with Crippen LogP contribution in [-0.4, -0.2) is 30.0 Å². The van der Waals surface area contributed by atoms with E-state index in [4.69, 9.17) is 28.9 Å². The molecule has 144 valence electrons. The fraction of sp³-hybridized carbons (Fsp3) is 0.474. The maximum absolute atomic E-state index is 12.7. The number of aryl methyl sites for hydroxylation is 1. The molecule has 1 atom stereocenters. The fourth-order valence-electron chi connectivity index (χ4n) is 3.96. The van der Waals surface area contributed by atoms with Gasteiger partial charge in [0.05, 0.1) is 21.4 Å². The molecular weight excluding hydrogens is 403 g/mol. The van der Waals surface area contributed by atoms with Crippen LogP contribution in [0.1, 0.15) is 29.8 Å². The second kappa shape index (κ2) is 7.86. The summed E-state index contributed by atoms with van der Waals surface area (Å²) in [4.78, 5) is 20.5. The third kappa shape index (κ3) is 4.03. The molecular formula is C19H22Cl2N4OS. The highest BCUT2D eigenvalue weighted by Crippen LogP contribution is 2.35. The van der Waals surface area contributed by atoms with Crippen LogP contribution in [0.5, 0.6) is 0 Å². The molecule has 1 aromatic heterocycles. The van der Waals surface area contributed by atoms with Crippen molar-refractivity contribution in [3.8, 4) is 0 Å². The number of piperidine rings is 1. The molecule has 2 heterocycles. The number of halogens is 2. The van der Waals surface area contributed by atoms with Crippen LogP contribution in [0.15, 0.2) is 18.2 Å². The highest BCUT2D eigenvalue weighted by Gasteiger charge is 2.29. The molecule has 3 N–H and O–H groups in total.